The Morgan fingerprint density at radius 3 is 2.78 bits per heavy atom. The van der Waals surface area contributed by atoms with E-state index >= 15 is 0 Å². The predicted molar refractivity (Wildman–Crippen MR) is 35.9 cm³/mol. The molecule has 0 amide bonds. The number of rotatable bonds is 0. The van der Waals surface area contributed by atoms with Crippen LogP contribution in [0.4, 0.5) is 0 Å². The van der Waals surface area contributed by atoms with Crippen molar-refractivity contribution in [2.75, 3.05) is 5.75 Å². The van der Waals surface area contributed by atoms with Crippen molar-refractivity contribution >= 4 is 11.1 Å². The first kappa shape index (κ1) is 6.79. The van der Waals surface area contributed by atoms with Gasteiger partial charge < -0.3 is 0 Å². The zero-order valence-corrected chi connectivity index (χ0v) is 5.98. The van der Waals surface area contributed by atoms with Crippen LogP contribution in [0.25, 0.3) is 0 Å². The molecule has 1 rings (SSSR count). The largest absolute Gasteiger partial charge is 0.274 e. The number of hydrogen-bond acceptors (Lipinski definition) is 2. The van der Waals surface area contributed by atoms with Crippen LogP contribution in [0.1, 0.15) is 6.92 Å². The Labute approximate surface area is 57.3 Å². The van der Waals surface area contributed by atoms with E-state index in [4.69, 9.17) is 10.6 Å². The molecule has 1 aliphatic rings. The van der Waals surface area contributed by atoms with Gasteiger partial charge in [0.25, 0.3) is 0 Å². The quantitative estimate of drug-likeness (QED) is 0.458. The summed E-state index contributed by atoms with van der Waals surface area (Å²) in [7, 11) is 0. The molecule has 0 saturated carbocycles. The average Bonchev–Trinajstić information content (AvgIpc) is 2.10. The average molecular weight is 144 g/mol. The number of terminal acetylenes is 1. The first-order valence-corrected chi connectivity index (χ1v) is 4.00. The number of hydrogen-bond donors (Lipinski definition) is 0. The van der Waals surface area contributed by atoms with E-state index in [1.807, 2.05) is 6.92 Å². The molecule has 1 saturated heterocycles. The van der Waals surface area contributed by atoms with Gasteiger partial charge in [-0.3, -0.25) is 4.18 Å². The van der Waals surface area contributed by atoms with Crippen molar-refractivity contribution in [3.8, 4) is 12.3 Å². The second kappa shape index (κ2) is 2.51. The topological polar surface area (TPSA) is 26.3 Å². The first-order chi connectivity index (χ1) is 4.24. The third-order valence-corrected chi connectivity index (χ3v) is 2.51. The molecule has 0 N–H and O–H groups in total. The maximum Gasteiger partial charge on any atom is 0.157 e. The van der Waals surface area contributed by atoms with Gasteiger partial charge in [-0.1, -0.05) is 12.8 Å². The minimum absolute atomic E-state index is 0.231. The van der Waals surface area contributed by atoms with Crippen molar-refractivity contribution in [3.05, 3.63) is 0 Å². The van der Waals surface area contributed by atoms with Gasteiger partial charge in [-0.15, -0.1) is 6.42 Å². The molecule has 0 aliphatic carbocycles. The van der Waals surface area contributed by atoms with E-state index in [0.717, 1.165) is 0 Å². The molecule has 0 bridgehead atoms. The van der Waals surface area contributed by atoms with Crippen LogP contribution in [0.2, 0.25) is 0 Å². The van der Waals surface area contributed by atoms with Gasteiger partial charge in [0.1, 0.15) is 6.10 Å². The van der Waals surface area contributed by atoms with Crippen LogP contribution >= 0.6 is 0 Å². The molecule has 1 fully saturated rings. The molecule has 0 aromatic carbocycles. The Hall–Kier alpha value is -0.330. The Morgan fingerprint density at radius 1 is 1.89 bits per heavy atom. The lowest BCUT2D eigenvalue weighted by Gasteiger charge is -2.01. The standard InChI is InChI=1S/C6H8O2S/c1-3-6-5(2)4-9(7)8-6/h1,5-6H,4H2,2H3. The highest BCUT2D eigenvalue weighted by Crippen LogP contribution is 2.17. The van der Waals surface area contributed by atoms with Crippen LogP contribution in [-0.2, 0) is 15.3 Å². The van der Waals surface area contributed by atoms with Gasteiger partial charge in [0.15, 0.2) is 11.1 Å². The molecule has 3 heteroatoms. The summed E-state index contributed by atoms with van der Waals surface area (Å²) in [5.41, 5.74) is 0. The minimum Gasteiger partial charge on any atom is -0.274 e. The third kappa shape index (κ3) is 1.32. The molecule has 3 atom stereocenters. The summed E-state index contributed by atoms with van der Waals surface area (Å²) in [5.74, 6) is 3.25. The predicted octanol–water partition coefficient (Wildman–Crippen LogP) is 0.318. The van der Waals surface area contributed by atoms with Gasteiger partial charge in [-0.05, 0) is 0 Å². The van der Waals surface area contributed by atoms with Crippen molar-refractivity contribution in [3.63, 3.8) is 0 Å². The van der Waals surface area contributed by atoms with Crippen LogP contribution in [0.5, 0.6) is 0 Å². The Bertz CT molecular complexity index is 170. The second-order valence-corrected chi connectivity index (χ2v) is 3.26. The lowest BCUT2D eigenvalue weighted by molar-refractivity contribution is 0.269. The molecular formula is C6H8O2S. The summed E-state index contributed by atoms with van der Waals surface area (Å²) in [6.07, 6.45) is 4.85. The molecule has 2 nitrogen and oxygen atoms in total. The van der Waals surface area contributed by atoms with E-state index in [2.05, 4.69) is 5.92 Å². The van der Waals surface area contributed by atoms with E-state index in [9.17, 15) is 4.21 Å². The minimum atomic E-state index is -1.13. The van der Waals surface area contributed by atoms with Crippen molar-refractivity contribution in [1.82, 2.24) is 0 Å². The van der Waals surface area contributed by atoms with Crippen molar-refractivity contribution < 1.29 is 8.39 Å². The molecule has 9 heavy (non-hydrogen) atoms. The van der Waals surface area contributed by atoms with E-state index in [1.165, 1.54) is 0 Å². The third-order valence-electron chi connectivity index (χ3n) is 1.29. The summed E-state index contributed by atoms with van der Waals surface area (Å²) in [5, 5.41) is 0. The molecule has 3 unspecified atom stereocenters. The van der Waals surface area contributed by atoms with E-state index in [1.54, 1.807) is 0 Å². The van der Waals surface area contributed by atoms with Crippen LogP contribution < -0.4 is 0 Å². The Kier molecular flexibility index (Phi) is 1.89. The van der Waals surface area contributed by atoms with Crippen LogP contribution in [0.3, 0.4) is 0 Å². The molecule has 1 heterocycles. The fourth-order valence-corrected chi connectivity index (χ4v) is 1.90. The molecule has 0 aromatic rings. The van der Waals surface area contributed by atoms with Gasteiger partial charge in [0.2, 0.25) is 0 Å². The molecule has 1 aliphatic heterocycles. The summed E-state index contributed by atoms with van der Waals surface area (Å²) in [6, 6.07) is 0. The molecule has 0 spiro atoms. The zero-order chi connectivity index (χ0) is 6.85. The summed E-state index contributed by atoms with van der Waals surface area (Å²) < 4.78 is 15.5. The van der Waals surface area contributed by atoms with E-state index in [-0.39, 0.29) is 12.0 Å². The Balaban J connectivity index is 2.60. The molecule has 0 radical (unpaired) electrons. The summed E-state index contributed by atoms with van der Waals surface area (Å²) >= 11 is -1.13. The molecule has 50 valence electrons. The van der Waals surface area contributed by atoms with Crippen LogP contribution in [0.15, 0.2) is 0 Å². The van der Waals surface area contributed by atoms with Gasteiger partial charge >= 0.3 is 0 Å². The fourth-order valence-electron chi connectivity index (χ4n) is 0.744. The normalized spacial score (nSPS) is 42.4. The van der Waals surface area contributed by atoms with E-state index < -0.39 is 11.1 Å². The lowest BCUT2D eigenvalue weighted by Crippen LogP contribution is -2.10. The maximum absolute atomic E-state index is 10.6. The monoisotopic (exact) mass is 144 g/mol. The van der Waals surface area contributed by atoms with Gasteiger partial charge in [-0.25, -0.2) is 4.21 Å². The van der Waals surface area contributed by atoms with E-state index in [0.29, 0.717) is 5.75 Å². The second-order valence-electron chi connectivity index (χ2n) is 2.13. The SMILES string of the molecule is C#CC1OS(=O)CC1C. The van der Waals surface area contributed by atoms with Gasteiger partial charge in [0.05, 0.1) is 5.75 Å². The highest BCUT2D eigenvalue weighted by Gasteiger charge is 2.27. The van der Waals surface area contributed by atoms with Crippen LogP contribution in [0, 0.1) is 18.3 Å². The molecular weight excluding hydrogens is 136 g/mol. The van der Waals surface area contributed by atoms with Gasteiger partial charge in [-0.2, -0.15) is 0 Å². The van der Waals surface area contributed by atoms with Crippen molar-refractivity contribution in [2.45, 2.75) is 13.0 Å². The van der Waals surface area contributed by atoms with Gasteiger partial charge in [0, 0.05) is 5.92 Å². The first-order valence-electron chi connectivity index (χ1n) is 2.75. The maximum atomic E-state index is 10.6. The highest BCUT2D eigenvalue weighted by atomic mass is 32.2. The summed E-state index contributed by atoms with van der Waals surface area (Å²) in [4.78, 5) is 0. The zero-order valence-electron chi connectivity index (χ0n) is 5.16. The Morgan fingerprint density at radius 2 is 2.56 bits per heavy atom. The fraction of sp³-hybridized carbons (Fsp3) is 0.667. The molecule has 0 aromatic heterocycles. The van der Waals surface area contributed by atoms with Crippen molar-refractivity contribution in [2.24, 2.45) is 5.92 Å². The van der Waals surface area contributed by atoms with Crippen LogP contribution in [-0.4, -0.2) is 16.1 Å². The highest BCUT2D eigenvalue weighted by molar-refractivity contribution is 7.80. The lowest BCUT2D eigenvalue weighted by atomic mass is 10.1. The summed E-state index contributed by atoms with van der Waals surface area (Å²) in [6.45, 7) is 1.94. The van der Waals surface area contributed by atoms with Crippen molar-refractivity contribution in [1.29, 1.82) is 0 Å². The smallest absolute Gasteiger partial charge is 0.157 e.